The van der Waals surface area contributed by atoms with Gasteiger partial charge in [0.25, 0.3) is 0 Å². The number of hydrogen-bond acceptors (Lipinski definition) is 0. The standard InChI is InChI=1S/C16H14P.C13H9.2ClH.Hf/c1-12-6-2-5-9-16(12)17-15-10-13-7-3-4-8-14(13)11-15;1-3-7-12-10(5-1)9-11-6-2-4-8-13(11)12;;;/h2-11,17H,1H3;1-5,7-8H,9H2;2*1H;/q;;;;+2/p-2. The van der Waals surface area contributed by atoms with Gasteiger partial charge in [-0.2, -0.15) is 0 Å². The number of benzene rings is 4. The van der Waals surface area contributed by atoms with Crippen LogP contribution < -0.4 is 33.4 Å². The predicted molar refractivity (Wildman–Crippen MR) is 131 cm³/mol. The molecule has 2 unspecified atom stereocenters. The SMILES string of the molecule is Cc1ccccc1PC1=Cc2ccccc2[CH]1[Hf+2][c]1cccc2c1Cc1ccccc1-2.[Cl-].[Cl-]. The molecule has 4 heteroatoms. The number of halogens is 2. The van der Waals surface area contributed by atoms with Crippen molar-refractivity contribution in [2.75, 3.05) is 0 Å². The van der Waals surface area contributed by atoms with Crippen molar-refractivity contribution in [3.8, 4) is 11.1 Å². The normalized spacial score (nSPS) is 15.1. The molecule has 6 rings (SSSR count). The Morgan fingerprint density at radius 3 is 2.36 bits per heavy atom. The molecule has 0 saturated heterocycles. The molecule has 4 aromatic rings. The van der Waals surface area contributed by atoms with E-state index in [4.69, 9.17) is 0 Å². The molecular weight excluding hydrogens is 629 g/mol. The van der Waals surface area contributed by atoms with Gasteiger partial charge < -0.3 is 24.8 Å². The summed E-state index contributed by atoms with van der Waals surface area (Å²) < 4.78 is 2.36. The fourth-order valence-corrected chi connectivity index (χ4v) is 13.2. The minimum atomic E-state index is -1.16. The van der Waals surface area contributed by atoms with Crippen LogP contribution in [-0.4, -0.2) is 0 Å². The van der Waals surface area contributed by atoms with Crippen LogP contribution >= 0.6 is 8.58 Å². The molecular formula is C29H23Cl2HfP. The summed E-state index contributed by atoms with van der Waals surface area (Å²) in [6, 6.07) is 34.1. The smallest absolute Gasteiger partial charge is 1.00 e. The van der Waals surface area contributed by atoms with Gasteiger partial charge in [-0.3, -0.25) is 0 Å². The Kier molecular flexibility index (Phi) is 7.76. The molecule has 0 spiro atoms. The van der Waals surface area contributed by atoms with Gasteiger partial charge in [-0.05, 0) is 0 Å². The maximum absolute atomic E-state index is 2.51. The molecule has 33 heavy (non-hydrogen) atoms. The van der Waals surface area contributed by atoms with E-state index in [0.29, 0.717) is 3.67 Å². The molecule has 0 heterocycles. The van der Waals surface area contributed by atoms with Crippen LogP contribution in [-0.2, 0) is 29.3 Å². The third kappa shape index (κ3) is 4.59. The fourth-order valence-electron chi connectivity index (χ4n) is 4.90. The van der Waals surface area contributed by atoms with E-state index in [2.05, 4.69) is 104 Å². The van der Waals surface area contributed by atoms with Crippen LogP contribution in [0.1, 0.15) is 31.5 Å². The van der Waals surface area contributed by atoms with E-state index >= 15 is 0 Å². The Hall–Kier alpha value is -1.50. The number of aryl methyl sites for hydroxylation is 1. The summed E-state index contributed by atoms with van der Waals surface area (Å²) in [4.78, 5) is 0. The van der Waals surface area contributed by atoms with Gasteiger partial charge in [0, 0.05) is 0 Å². The Balaban J connectivity index is 0.00000130. The molecule has 0 fully saturated rings. The molecule has 0 bridgehead atoms. The topological polar surface area (TPSA) is 0 Å². The monoisotopic (exact) mass is 652 g/mol. The molecule has 0 nitrogen and oxygen atoms in total. The van der Waals surface area contributed by atoms with Gasteiger partial charge in [-0.15, -0.1) is 0 Å². The summed E-state index contributed by atoms with van der Waals surface area (Å²) in [6.07, 6.45) is 3.62. The molecule has 2 aliphatic carbocycles. The Morgan fingerprint density at radius 1 is 0.758 bits per heavy atom. The van der Waals surface area contributed by atoms with Crippen molar-refractivity contribution in [2.24, 2.45) is 0 Å². The number of hydrogen-bond donors (Lipinski definition) is 0. The van der Waals surface area contributed by atoms with Gasteiger partial charge in [0.1, 0.15) is 0 Å². The molecule has 0 aliphatic heterocycles. The molecule has 162 valence electrons. The first-order valence-corrected chi connectivity index (χ1v) is 15.7. The first-order valence-electron chi connectivity index (χ1n) is 10.9. The van der Waals surface area contributed by atoms with Crippen molar-refractivity contribution < 1.29 is 47.7 Å². The van der Waals surface area contributed by atoms with Gasteiger partial charge in [0.15, 0.2) is 0 Å². The zero-order valence-electron chi connectivity index (χ0n) is 18.3. The predicted octanol–water partition coefficient (Wildman–Crippen LogP) is 0.382. The zero-order chi connectivity index (χ0) is 20.8. The van der Waals surface area contributed by atoms with Crippen molar-refractivity contribution in [1.29, 1.82) is 0 Å². The molecule has 0 radical (unpaired) electrons. The molecule has 0 N–H and O–H groups in total. The molecule has 2 aliphatic rings. The Bertz CT molecular complexity index is 1350. The fraction of sp³-hybridized carbons (Fsp3) is 0.103. The van der Waals surface area contributed by atoms with E-state index in [9.17, 15) is 0 Å². The minimum Gasteiger partial charge on any atom is -1.00 e. The Morgan fingerprint density at radius 2 is 1.48 bits per heavy atom. The third-order valence-electron chi connectivity index (χ3n) is 6.50. The largest absolute Gasteiger partial charge is 1.00 e. The second kappa shape index (κ2) is 10.4. The van der Waals surface area contributed by atoms with E-state index in [-0.39, 0.29) is 24.8 Å². The molecule has 0 amide bonds. The van der Waals surface area contributed by atoms with Gasteiger partial charge in [-0.1, -0.05) is 0 Å². The summed E-state index contributed by atoms with van der Waals surface area (Å²) in [6.45, 7) is 2.25. The van der Waals surface area contributed by atoms with Crippen LogP contribution in [0.2, 0.25) is 0 Å². The number of rotatable bonds is 4. The summed E-state index contributed by atoms with van der Waals surface area (Å²) in [5.74, 6) is 0. The molecule has 0 aromatic heterocycles. The molecule has 4 aromatic carbocycles. The first-order chi connectivity index (χ1) is 15.3. The van der Waals surface area contributed by atoms with E-state index in [0.717, 1.165) is 15.0 Å². The minimum absolute atomic E-state index is 0. The van der Waals surface area contributed by atoms with Crippen LogP contribution in [0.3, 0.4) is 0 Å². The summed E-state index contributed by atoms with van der Waals surface area (Å²) >= 11 is -1.16. The summed E-state index contributed by atoms with van der Waals surface area (Å²) in [5, 5.41) is 3.16. The van der Waals surface area contributed by atoms with Crippen LogP contribution in [0.5, 0.6) is 0 Å². The first kappa shape index (κ1) is 24.6. The van der Waals surface area contributed by atoms with Crippen LogP contribution in [0.15, 0.2) is 96.3 Å². The van der Waals surface area contributed by atoms with Crippen molar-refractivity contribution in [3.05, 3.63) is 124 Å². The number of fused-ring (bicyclic) bond motifs is 4. The van der Waals surface area contributed by atoms with E-state index in [1.807, 2.05) is 0 Å². The van der Waals surface area contributed by atoms with Crippen molar-refractivity contribution in [3.63, 3.8) is 0 Å². The zero-order valence-corrected chi connectivity index (χ0v) is 24.4. The van der Waals surface area contributed by atoms with E-state index < -0.39 is 22.9 Å². The van der Waals surface area contributed by atoms with Crippen LogP contribution in [0, 0.1) is 6.92 Å². The van der Waals surface area contributed by atoms with Gasteiger partial charge in [-0.25, -0.2) is 0 Å². The van der Waals surface area contributed by atoms with Crippen LogP contribution in [0.25, 0.3) is 17.2 Å². The maximum Gasteiger partial charge on any atom is -1.00 e. The van der Waals surface area contributed by atoms with E-state index in [1.165, 1.54) is 33.1 Å². The average molecular weight is 652 g/mol. The summed E-state index contributed by atoms with van der Waals surface area (Å²) in [5.41, 5.74) is 10.5. The average Bonchev–Trinajstić information content (AvgIpc) is 3.34. The van der Waals surface area contributed by atoms with Crippen LogP contribution in [0.4, 0.5) is 0 Å². The second-order valence-corrected chi connectivity index (χ2v) is 14.8. The summed E-state index contributed by atoms with van der Waals surface area (Å²) in [7, 11) is 0.773. The van der Waals surface area contributed by atoms with Crippen molar-refractivity contribution >= 4 is 23.3 Å². The quantitative estimate of drug-likeness (QED) is 0.195. The van der Waals surface area contributed by atoms with Crippen molar-refractivity contribution in [2.45, 2.75) is 17.0 Å². The second-order valence-electron chi connectivity index (χ2n) is 8.41. The van der Waals surface area contributed by atoms with Gasteiger partial charge in [0.2, 0.25) is 0 Å². The van der Waals surface area contributed by atoms with Crippen molar-refractivity contribution in [1.82, 2.24) is 0 Å². The molecule has 0 saturated carbocycles. The van der Waals surface area contributed by atoms with E-state index in [1.54, 1.807) is 19.8 Å². The third-order valence-corrected chi connectivity index (χ3v) is 15.2. The molecule has 2 atom stereocenters. The van der Waals surface area contributed by atoms with Gasteiger partial charge >= 0.3 is 198 Å². The number of allylic oxidation sites excluding steroid dienone is 1. The maximum atomic E-state index is 2.51. The van der Waals surface area contributed by atoms with Gasteiger partial charge in [0.05, 0.1) is 0 Å². The Labute approximate surface area is 221 Å².